The predicted octanol–water partition coefficient (Wildman–Crippen LogP) is 5.00. The fraction of sp³-hybridized carbons (Fsp3) is 0.231. The van der Waals surface area contributed by atoms with E-state index in [0.29, 0.717) is 28.6 Å². The number of likely N-dealkylation sites (tertiary alicyclic amines) is 1. The van der Waals surface area contributed by atoms with Gasteiger partial charge in [0.25, 0.3) is 0 Å². The summed E-state index contributed by atoms with van der Waals surface area (Å²) < 4.78 is 19.0. The maximum Gasteiger partial charge on any atom is 0.323 e. The Morgan fingerprint density at radius 3 is 2.53 bits per heavy atom. The summed E-state index contributed by atoms with van der Waals surface area (Å²) in [4.78, 5) is 30.5. The molecule has 1 aliphatic rings. The van der Waals surface area contributed by atoms with Crippen LogP contribution in [0.2, 0.25) is 0 Å². The summed E-state index contributed by atoms with van der Waals surface area (Å²) in [5, 5.41) is 8.56. The van der Waals surface area contributed by atoms with Gasteiger partial charge in [-0.1, -0.05) is 12.1 Å². The first kappa shape index (κ1) is 25.1. The van der Waals surface area contributed by atoms with E-state index >= 15 is 0 Å². The Hall–Kier alpha value is -4.05. The van der Waals surface area contributed by atoms with Gasteiger partial charge in [0.1, 0.15) is 23.1 Å². The zero-order valence-electron chi connectivity index (χ0n) is 19.7. The van der Waals surface area contributed by atoms with Crippen molar-refractivity contribution in [3.8, 4) is 11.5 Å². The predicted molar refractivity (Wildman–Crippen MR) is 140 cm³/mol. The highest BCUT2D eigenvalue weighted by molar-refractivity contribution is 7.80. The normalized spacial score (nSPS) is 12.7. The first-order valence-electron chi connectivity index (χ1n) is 11.5. The number of pyridine rings is 1. The second-order valence-electron chi connectivity index (χ2n) is 8.39. The molecule has 0 bridgehead atoms. The minimum atomic E-state index is -0.354. The van der Waals surface area contributed by atoms with Crippen molar-refractivity contribution < 1.29 is 18.7 Å². The van der Waals surface area contributed by atoms with Crippen LogP contribution in [0, 0.1) is 12.7 Å². The van der Waals surface area contributed by atoms with Gasteiger partial charge in [-0.2, -0.15) is 0 Å². The largest absolute Gasteiger partial charge is 0.457 e. The lowest BCUT2D eigenvalue weighted by molar-refractivity contribution is -0.119. The number of hydrogen-bond acceptors (Lipinski definition) is 5. The van der Waals surface area contributed by atoms with Crippen molar-refractivity contribution >= 4 is 40.8 Å². The minimum absolute atomic E-state index is 0.0836. The summed E-state index contributed by atoms with van der Waals surface area (Å²) in [7, 11) is 0. The Bertz CT molecular complexity index is 1260. The zero-order valence-corrected chi connectivity index (χ0v) is 20.5. The third-order valence-corrected chi connectivity index (χ3v) is 5.76. The van der Waals surface area contributed by atoms with Gasteiger partial charge >= 0.3 is 6.03 Å². The number of thiocarbonyl (C=S) groups is 1. The molecule has 186 valence electrons. The van der Waals surface area contributed by atoms with Crippen LogP contribution in [0.25, 0.3) is 0 Å². The average Bonchev–Trinajstić information content (AvgIpc) is 3.38. The molecule has 1 fully saturated rings. The molecule has 0 radical (unpaired) electrons. The number of urea groups is 1. The van der Waals surface area contributed by atoms with Crippen LogP contribution in [0.3, 0.4) is 0 Å². The lowest BCUT2D eigenvalue weighted by Crippen LogP contribution is -2.35. The molecule has 0 atom stereocenters. The van der Waals surface area contributed by atoms with Crippen molar-refractivity contribution in [2.75, 3.05) is 23.7 Å². The number of ether oxygens (including phenoxy) is 1. The highest BCUT2D eigenvalue weighted by atomic mass is 32.1. The van der Waals surface area contributed by atoms with Gasteiger partial charge in [-0.25, -0.2) is 14.2 Å². The first-order chi connectivity index (χ1) is 17.4. The van der Waals surface area contributed by atoms with E-state index in [4.69, 9.17) is 17.0 Å². The van der Waals surface area contributed by atoms with Gasteiger partial charge in [0, 0.05) is 31.0 Å². The van der Waals surface area contributed by atoms with E-state index < -0.39 is 0 Å². The van der Waals surface area contributed by atoms with Gasteiger partial charge in [-0.05, 0) is 79.5 Å². The second kappa shape index (κ2) is 11.6. The SMILES string of the molecule is Cc1cc(NC(=S)NC(=O)Cc2ccc(F)cc2)ccc1Oc1ccnc(NC(=O)N2CCCC2)c1. The van der Waals surface area contributed by atoms with Crippen molar-refractivity contribution in [2.45, 2.75) is 26.2 Å². The second-order valence-corrected chi connectivity index (χ2v) is 8.80. The molecule has 0 saturated carbocycles. The first-order valence-corrected chi connectivity index (χ1v) is 11.9. The van der Waals surface area contributed by atoms with Gasteiger partial charge < -0.3 is 20.3 Å². The molecular weight excluding hydrogens is 481 g/mol. The van der Waals surface area contributed by atoms with Crippen LogP contribution in [0.5, 0.6) is 11.5 Å². The Morgan fingerprint density at radius 1 is 1.06 bits per heavy atom. The Kier molecular flexibility index (Phi) is 8.06. The van der Waals surface area contributed by atoms with E-state index in [0.717, 1.165) is 31.5 Å². The molecule has 3 amide bonds. The van der Waals surface area contributed by atoms with Crippen LogP contribution in [-0.4, -0.2) is 40.0 Å². The van der Waals surface area contributed by atoms with E-state index in [1.165, 1.54) is 12.1 Å². The summed E-state index contributed by atoms with van der Waals surface area (Å²) in [6, 6.07) is 14.3. The molecule has 8 nitrogen and oxygen atoms in total. The molecule has 0 unspecified atom stereocenters. The van der Waals surface area contributed by atoms with E-state index in [1.807, 2.05) is 13.0 Å². The number of benzene rings is 2. The number of carbonyl (C=O) groups is 2. The van der Waals surface area contributed by atoms with Gasteiger partial charge in [0.2, 0.25) is 5.91 Å². The molecule has 10 heteroatoms. The van der Waals surface area contributed by atoms with Crippen molar-refractivity contribution in [1.29, 1.82) is 0 Å². The van der Waals surface area contributed by atoms with Crippen LogP contribution in [-0.2, 0) is 11.2 Å². The van der Waals surface area contributed by atoms with Crippen molar-refractivity contribution in [3.63, 3.8) is 0 Å². The molecule has 1 saturated heterocycles. The van der Waals surface area contributed by atoms with E-state index in [-0.39, 0.29) is 29.3 Å². The Balaban J connectivity index is 1.31. The number of rotatable bonds is 6. The van der Waals surface area contributed by atoms with Crippen LogP contribution >= 0.6 is 12.2 Å². The zero-order chi connectivity index (χ0) is 25.5. The fourth-order valence-electron chi connectivity index (χ4n) is 3.74. The van der Waals surface area contributed by atoms with Crippen LogP contribution in [0.1, 0.15) is 24.0 Å². The maximum absolute atomic E-state index is 13.0. The molecule has 1 aliphatic heterocycles. The number of aromatic nitrogens is 1. The highest BCUT2D eigenvalue weighted by Crippen LogP contribution is 2.28. The monoisotopic (exact) mass is 507 g/mol. The van der Waals surface area contributed by atoms with Gasteiger partial charge in [-0.15, -0.1) is 0 Å². The van der Waals surface area contributed by atoms with Crippen molar-refractivity contribution in [2.24, 2.45) is 0 Å². The highest BCUT2D eigenvalue weighted by Gasteiger charge is 2.18. The Labute approximate surface area is 213 Å². The standard InChI is InChI=1S/C26H26FN5O3S/c1-17-14-20(29-25(36)31-24(33)15-18-4-6-19(27)7-5-18)8-9-22(17)35-21-10-11-28-23(16-21)30-26(34)32-12-2-3-13-32/h4-11,14,16H,2-3,12-13,15H2,1H3,(H,28,30,34)(H2,29,31,33,36). The van der Waals surface area contributed by atoms with Gasteiger partial charge in [0.05, 0.1) is 6.42 Å². The van der Waals surface area contributed by atoms with Crippen LogP contribution < -0.4 is 20.7 Å². The van der Waals surface area contributed by atoms with E-state index in [1.54, 1.807) is 47.5 Å². The van der Waals surface area contributed by atoms with Crippen LogP contribution in [0.15, 0.2) is 60.8 Å². The molecule has 4 rings (SSSR count). The molecule has 2 heterocycles. The molecular formula is C26H26FN5O3S. The van der Waals surface area contributed by atoms with Gasteiger partial charge in [0.15, 0.2) is 5.11 Å². The summed E-state index contributed by atoms with van der Waals surface area (Å²) in [6.07, 6.45) is 3.69. The van der Waals surface area contributed by atoms with Crippen molar-refractivity contribution in [3.05, 3.63) is 77.7 Å². The van der Waals surface area contributed by atoms with Crippen molar-refractivity contribution in [1.82, 2.24) is 15.2 Å². The molecule has 2 aromatic carbocycles. The third kappa shape index (κ3) is 6.98. The topological polar surface area (TPSA) is 95.6 Å². The average molecular weight is 508 g/mol. The maximum atomic E-state index is 13.0. The number of aryl methyl sites for hydroxylation is 1. The minimum Gasteiger partial charge on any atom is -0.457 e. The number of anilines is 2. The van der Waals surface area contributed by atoms with Gasteiger partial charge in [-0.3, -0.25) is 10.1 Å². The number of hydrogen-bond donors (Lipinski definition) is 3. The van der Waals surface area contributed by atoms with E-state index in [9.17, 15) is 14.0 Å². The molecule has 36 heavy (non-hydrogen) atoms. The van der Waals surface area contributed by atoms with Crippen LogP contribution in [0.4, 0.5) is 20.7 Å². The quantitative estimate of drug-likeness (QED) is 0.406. The smallest absolute Gasteiger partial charge is 0.323 e. The number of carbonyl (C=O) groups excluding carboxylic acids is 2. The summed E-state index contributed by atoms with van der Waals surface area (Å²) >= 11 is 5.24. The summed E-state index contributed by atoms with van der Waals surface area (Å²) in [5.41, 5.74) is 2.20. The number of nitrogens with zero attached hydrogens (tertiary/aromatic N) is 2. The number of nitrogens with one attached hydrogen (secondary N) is 3. The molecule has 0 aliphatic carbocycles. The number of halogens is 1. The molecule has 3 aromatic rings. The molecule has 1 aromatic heterocycles. The summed E-state index contributed by atoms with van der Waals surface area (Å²) in [5.74, 6) is 0.917. The fourth-order valence-corrected chi connectivity index (χ4v) is 3.97. The molecule has 3 N–H and O–H groups in total. The molecule has 0 spiro atoms. The lowest BCUT2D eigenvalue weighted by atomic mass is 10.1. The summed E-state index contributed by atoms with van der Waals surface area (Å²) in [6.45, 7) is 3.39. The third-order valence-electron chi connectivity index (χ3n) is 5.55. The van der Waals surface area contributed by atoms with E-state index in [2.05, 4.69) is 20.9 Å². The number of amides is 3. The Morgan fingerprint density at radius 2 is 1.81 bits per heavy atom. The lowest BCUT2D eigenvalue weighted by Gasteiger charge is -2.16.